The highest BCUT2D eigenvalue weighted by Crippen LogP contribution is 2.45. The summed E-state index contributed by atoms with van der Waals surface area (Å²) in [5.41, 5.74) is 0. The molecular formula is C78H148O17P2. The van der Waals surface area contributed by atoms with E-state index in [0.717, 1.165) is 109 Å². The van der Waals surface area contributed by atoms with Crippen molar-refractivity contribution < 1.29 is 80.2 Å². The Morgan fingerprint density at radius 2 is 0.495 bits per heavy atom. The molecule has 97 heavy (non-hydrogen) atoms. The summed E-state index contributed by atoms with van der Waals surface area (Å²) in [6.07, 6.45) is 65.9. The predicted octanol–water partition coefficient (Wildman–Crippen LogP) is 23.0. The fourth-order valence-corrected chi connectivity index (χ4v) is 13.1. The van der Waals surface area contributed by atoms with Crippen molar-refractivity contribution in [2.45, 2.75) is 412 Å². The van der Waals surface area contributed by atoms with Gasteiger partial charge in [-0.25, -0.2) is 9.13 Å². The number of phosphoric ester groups is 2. The van der Waals surface area contributed by atoms with Gasteiger partial charge < -0.3 is 33.8 Å². The summed E-state index contributed by atoms with van der Waals surface area (Å²) in [7, 11) is -9.92. The Morgan fingerprint density at radius 3 is 0.753 bits per heavy atom. The number of carbonyl (C=O) groups is 4. The molecule has 0 aliphatic heterocycles. The minimum Gasteiger partial charge on any atom is -0.462 e. The van der Waals surface area contributed by atoms with E-state index >= 15 is 0 Å². The minimum absolute atomic E-state index is 0.102. The van der Waals surface area contributed by atoms with Crippen molar-refractivity contribution in [2.75, 3.05) is 39.6 Å². The van der Waals surface area contributed by atoms with Crippen LogP contribution in [0, 0.1) is 0 Å². The van der Waals surface area contributed by atoms with Gasteiger partial charge in [0.15, 0.2) is 12.2 Å². The first kappa shape index (κ1) is 94.5. The Hall–Kier alpha value is -2.46. The van der Waals surface area contributed by atoms with Crippen molar-refractivity contribution in [1.29, 1.82) is 0 Å². The van der Waals surface area contributed by atoms with E-state index in [4.69, 9.17) is 37.0 Å². The predicted molar refractivity (Wildman–Crippen MR) is 395 cm³/mol. The van der Waals surface area contributed by atoms with Gasteiger partial charge in [0.05, 0.1) is 26.4 Å². The maximum Gasteiger partial charge on any atom is 0.472 e. The number of phosphoric acid groups is 2. The quantitative estimate of drug-likeness (QED) is 0.0169. The van der Waals surface area contributed by atoms with Crippen LogP contribution in [-0.4, -0.2) is 96.7 Å². The van der Waals surface area contributed by atoms with E-state index in [9.17, 15) is 43.2 Å². The van der Waals surface area contributed by atoms with Gasteiger partial charge in [-0.15, -0.1) is 0 Å². The van der Waals surface area contributed by atoms with Gasteiger partial charge in [0.25, 0.3) is 0 Å². The Morgan fingerprint density at radius 1 is 0.289 bits per heavy atom. The molecule has 0 heterocycles. The number of hydrogen-bond donors (Lipinski definition) is 3. The largest absolute Gasteiger partial charge is 0.472 e. The van der Waals surface area contributed by atoms with Gasteiger partial charge in [0.1, 0.15) is 19.3 Å². The van der Waals surface area contributed by atoms with Crippen molar-refractivity contribution in [3.05, 3.63) is 24.3 Å². The zero-order valence-electron chi connectivity index (χ0n) is 62.5. The highest BCUT2D eigenvalue weighted by atomic mass is 31.2. The van der Waals surface area contributed by atoms with Crippen LogP contribution in [0.1, 0.15) is 394 Å². The molecular weight excluding hydrogens is 1270 g/mol. The molecule has 0 bridgehead atoms. The third-order valence-corrected chi connectivity index (χ3v) is 19.6. The van der Waals surface area contributed by atoms with Gasteiger partial charge >= 0.3 is 39.5 Å². The number of carbonyl (C=O) groups excluding carboxylic acids is 4. The van der Waals surface area contributed by atoms with E-state index in [1.165, 1.54) is 205 Å². The normalized spacial score (nSPS) is 14.0. The first-order chi connectivity index (χ1) is 47.2. The fraction of sp³-hybridized carbons (Fsp3) is 0.897. The molecule has 19 heteroatoms. The molecule has 3 N–H and O–H groups in total. The molecule has 0 radical (unpaired) electrons. The Balaban J connectivity index is 5.26. The second kappa shape index (κ2) is 71.9. The highest BCUT2D eigenvalue weighted by molar-refractivity contribution is 7.47. The second-order valence-electron chi connectivity index (χ2n) is 27.4. The molecule has 17 nitrogen and oxygen atoms in total. The lowest BCUT2D eigenvalue weighted by atomic mass is 10.0. The molecule has 0 aliphatic rings. The standard InChI is InChI=1S/C78H148O17P2/c1-5-9-13-17-21-25-29-32-34-35-36-37-39-42-45-49-53-57-61-65-78(83)95-74(69-89-76(81)63-59-55-51-47-43-41-38-33-30-26-22-18-14-10-6-2)71-93-97(86,87)91-67-72(79)66-90-96(84,85)92-70-73(68-88-75(80)62-58-54-50-46-28-24-20-16-12-8-4)94-77(82)64-60-56-52-48-44-40-31-27-23-19-15-11-7-3/h26,30,33,38,72-74,79H,5-25,27-29,31-32,34-37,39-71H2,1-4H3,(H,84,85)(H,86,87)/b30-26-,38-33-/t72-,73+,74+/m0/s1. The fourth-order valence-electron chi connectivity index (χ4n) is 11.6. The van der Waals surface area contributed by atoms with Gasteiger partial charge in [-0.2, -0.15) is 0 Å². The summed E-state index contributed by atoms with van der Waals surface area (Å²) in [6, 6.07) is 0. The van der Waals surface area contributed by atoms with Gasteiger partial charge in [-0.1, -0.05) is 341 Å². The van der Waals surface area contributed by atoms with Gasteiger partial charge in [-0.05, 0) is 51.4 Å². The molecule has 0 saturated heterocycles. The Labute approximate surface area is 592 Å². The molecule has 0 aromatic heterocycles. The lowest BCUT2D eigenvalue weighted by Gasteiger charge is -2.21. The molecule has 0 spiro atoms. The van der Waals surface area contributed by atoms with E-state index in [-0.39, 0.29) is 25.7 Å². The molecule has 0 saturated carbocycles. The van der Waals surface area contributed by atoms with E-state index in [2.05, 4.69) is 52.0 Å². The van der Waals surface area contributed by atoms with E-state index < -0.39 is 97.5 Å². The van der Waals surface area contributed by atoms with Crippen LogP contribution in [0.5, 0.6) is 0 Å². The van der Waals surface area contributed by atoms with Crippen LogP contribution in [0.3, 0.4) is 0 Å². The zero-order chi connectivity index (χ0) is 71.1. The molecule has 0 aliphatic carbocycles. The van der Waals surface area contributed by atoms with E-state index in [0.29, 0.717) is 25.7 Å². The lowest BCUT2D eigenvalue weighted by molar-refractivity contribution is -0.161. The summed E-state index contributed by atoms with van der Waals surface area (Å²) >= 11 is 0. The molecule has 0 aromatic carbocycles. The summed E-state index contributed by atoms with van der Waals surface area (Å²) in [6.45, 7) is 4.93. The van der Waals surface area contributed by atoms with Crippen molar-refractivity contribution >= 4 is 39.5 Å². The van der Waals surface area contributed by atoms with Gasteiger partial charge in [0.2, 0.25) is 0 Å². The van der Waals surface area contributed by atoms with E-state index in [1.54, 1.807) is 0 Å². The van der Waals surface area contributed by atoms with Crippen LogP contribution in [0.4, 0.5) is 0 Å². The van der Waals surface area contributed by atoms with Crippen LogP contribution in [-0.2, 0) is 65.4 Å². The van der Waals surface area contributed by atoms with Crippen LogP contribution in [0.2, 0.25) is 0 Å². The molecule has 0 rings (SSSR count). The number of esters is 4. The monoisotopic (exact) mass is 1420 g/mol. The zero-order valence-corrected chi connectivity index (χ0v) is 64.3. The Kier molecular flexibility index (Phi) is 70.1. The molecule has 2 unspecified atom stereocenters. The van der Waals surface area contributed by atoms with Crippen LogP contribution < -0.4 is 0 Å². The lowest BCUT2D eigenvalue weighted by Crippen LogP contribution is -2.30. The summed E-state index contributed by atoms with van der Waals surface area (Å²) in [4.78, 5) is 72.8. The van der Waals surface area contributed by atoms with Crippen molar-refractivity contribution in [2.24, 2.45) is 0 Å². The smallest absolute Gasteiger partial charge is 0.462 e. The maximum absolute atomic E-state index is 13.1. The number of hydrogen-bond acceptors (Lipinski definition) is 15. The summed E-state index contributed by atoms with van der Waals surface area (Å²) in [5, 5.41) is 10.6. The summed E-state index contributed by atoms with van der Waals surface area (Å²) in [5.74, 6) is -2.14. The third kappa shape index (κ3) is 71.7. The van der Waals surface area contributed by atoms with Crippen LogP contribution in [0.25, 0.3) is 0 Å². The number of ether oxygens (including phenoxy) is 4. The minimum atomic E-state index is -4.97. The van der Waals surface area contributed by atoms with Crippen molar-refractivity contribution in [1.82, 2.24) is 0 Å². The number of allylic oxidation sites excluding steroid dienone is 4. The maximum atomic E-state index is 13.1. The van der Waals surface area contributed by atoms with Gasteiger partial charge in [0, 0.05) is 25.7 Å². The number of aliphatic hydroxyl groups is 1. The molecule has 0 fully saturated rings. The SMILES string of the molecule is CCCCCC/C=C\C=C/CCCCCCCC(=O)OC[C@H](COP(=O)(O)OC[C@@H](O)COP(=O)(O)OC[C@@H](COC(=O)CCCCCCCCCCCC)OC(=O)CCCCCCCCCCCCCCC)OC(=O)CCCCCCCCCCCCCCCCCCCCC. The number of aliphatic hydroxyl groups excluding tert-OH is 1. The summed E-state index contributed by atoms with van der Waals surface area (Å²) < 4.78 is 68.5. The number of unbranched alkanes of at least 4 members (excludes halogenated alkanes) is 48. The molecule has 5 atom stereocenters. The average Bonchev–Trinajstić information content (AvgIpc) is 1.40. The molecule has 572 valence electrons. The Bertz CT molecular complexity index is 1940. The average molecular weight is 1420 g/mol. The number of rotatable bonds is 77. The molecule has 0 amide bonds. The van der Waals surface area contributed by atoms with Crippen molar-refractivity contribution in [3.8, 4) is 0 Å². The molecule has 0 aromatic rings. The first-order valence-electron chi connectivity index (χ1n) is 40.1. The third-order valence-electron chi connectivity index (χ3n) is 17.7. The second-order valence-corrected chi connectivity index (χ2v) is 30.3. The van der Waals surface area contributed by atoms with Crippen LogP contribution >= 0.6 is 15.6 Å². The van der Waals surface area contributed by atoms with Crippen molar-refractivity contribution in [3.63, 3.8) is 0 Å². The highest BCUT2D eigenvalue weighted by Gasteiger charge is 2.30. The topological polar surface area (TPSA) is 237 Å². The van der Waals surface area contributed by atoms with Crippen LogP contribution in [0.15, 0.2) is 24.3 Å². The first-order valence-corrected chi connectivity index (χ1v) is 43.1. The van der Waals surface area contributed by atoms with Gasteiger partial charge in [-0.3, -0.25) is 37.3 Å². The van der Waals surface area contributed by atoms with E-state index in [1.807, 2.05) is 0 Å².